The number of aromatic nitrogens is 4. The fraction of sp³-hybridized carbons (Fsp3) is 0.347. The molecule has 0 saturated carbocycles. The van der Waals surface area contributed by atoms with Crippen LogP contribution in [0.15, 0.2) is 83.3 Å². The molecule has 1 fully saturated rings. The number of β-amino-alcohol motifs (C(OH)–C–C–N with tert-alkyl or cyclic N) is 1. The molecule has 16 heteroatoms. The number of thiazole rings is 1. The Labute approximate surface area is 385 Å². The fourth-order valence-electron chi connectivity index (χ4n) is 8.65. The molecule has 336 valence electrons. The summed E-state index contributed by atoms with van der Waals surface area (Å²) < 4.78 is 1.86. The number of aliphatic hydroxyl groups is 1. The van der Waals surface area contributed by atoms with Gasteiger partial charge in [-0.15, -0.1) is 32.9 Å². The van der Waals surface area contributed by atoms with Crippen LogP contribution in [0.25, 0.3) is 26.6 Å². The van der Waals surface area contributed by atoms with Crippen LogP contribution in [-0.2, 0) is 14.4 Å². The molecule has 3 aromatic heterocycles. The molecular weight excluding hydrogens is 861 g/mol. The normalized spacial score (nSPS) is 18.0. The topological polar surface area (TPSA) is 192 Å². The van der Waals surface area contributed by atoms with Crippen molar-refractivity contribution in [3.63, 3.8) is 0 Å². The van der Waals surface area contributed by atoms with Gasteiger partial charge in [0.2, 0.25) is 11.8 Å². The lowest BCUT2D eigenvalue weighted by molar-refractivity contribution is -0.142. The SMILES string of the molecule is Cc1ncsc1-c1ccc([C@H](C)NC(=O)[C@@H]2C[C@@H](O)CN2C(=O)[C@@H](NC(=O)c2cc(-c3ccccc3)ccc2C2=N[C@@H](CC(=O)O)c3nnc(C)n3-c3sc(C)c(C)c32)C(C)(C)C)cc1. The molecule has 3 amide bonds. The average molecular weight is 913 g/mol. The number of amides is 3. The molecule has 65 heavy (non-hydrogen) atoms. The second-order valence-electron chi connectivity index (χ2n) is 17.9. The molecule has 0 aliphatic carbocycles. The average Bonchev–Trinajstić information content (AvgIpc) is 4.04. The summed E-state index contributed by atoms with van der Waals surface area (Å²) in [7, 11) is 0. The third-order valence-electron chi connectivity index (χ3n) is 12.3. The Morgan fingerprint density at radius 3 is 2.28 bits per heavy atom. The number of nitrogens with zero attached hydrogens (tertiary/aromatic N) is 6. The maximum Gasteiger partial charge on any atom is 0.306 e. The van der Waals surface area contributed by atoms with E-state index in [9.17, 15) is 24.6 Å². The minimum atomic E-state index is -1.14. The minimum Gasteiger partial charge on any atom is -0.481 e. The second kappa shape index (κ2) is 17.9. The highest BCUT2D eigenvalue weighted by atomic mass is 32.1. The number of rotatable bonds is 11. The van der Waals surface area contributed by atoms with Gasteiger partial charge in [0.25, 0.3) is 5.91 Å². The predicted molar refractivity (Wildman–Crippen MR) is 252 cm³/mol. The summed E-state index contributed by atoms with van der Waals surface area (Å²) in [4.78, 5) is 69.4. The summed E-state index contributed by atoms with van der Waals surface area (Å²) in [6.07, 6.45) is -1.29. The molecule has 1 saturated heterocycles. The van der Waals surface area contributed by atoms with Gasteiger partial charge in [-0.1, -0.05) is 87.5 Å². The van der Waals surface area contributed by atoms with Crippen LogP contribution in [0, 0.1) is 33.1 Å². The number of fused-ring (bicyclic) bond motifs is 3. The van der Waals surface area contributed by atoms with Crippen molar-refractivity contribution in [1.82, 2.24) is 35.3 Å². The first-order valence-corrected chi connectivity index (χ1v) is 23.2. The lowest BCUT2D eigenvalue weighted by Gasteiger charge is -2.35. The number of hydrogen-bond donors (Lipinski definition) is 4. The summed E-state index contributed by atoms with van der Waals surface area (Å²) in [5, 5.41) is 36.7. The van der Waals surface area contributed by atoms with Crippen molar-refractivity contribution in [1.29, 1.82) is 0 Å². The molecule has 2 aliphatic rings. The third kappa shape index (κ3) is 8.89. The molecular formula is C49H52N8O6S2. The Balaban J connectivity index is 1.14. The largest absolute Gasteiger partial charge is 0.481 e. The van der Waals surface area contributed by atoms with Gasteiger partial charge < -0.3 is 25.7 Å². The molecule has 6 aromatic rings. The molecule has 2 aliphatic heterocycles. The van der Waals surface area contributed by atoms with Crippen molar-refractivity contribution in [3.05, 3.63) is 128 Å². The van der Waals surface area contributed by atoms with E-state index in [1.54, 1.807) is 17.4 Å². The monoisotopic (exact) mass is 912 g/mol. The molecule has 14 nitrogen and oxygen atoms in total. The number of carbonyl (C=O) groups is 4. The van der Waals surface area contributed by atoms with Crippen molar-refractivity contribution < 1.29 is 29.4 Å². The Hall–Kier alpha value is -6.36. The number of likely N-dealkylation sites (tertiary alicyclic amines) is 1. The van der Waals surface area contributed by atoms with Gasteiger partial charge in [-0.05, 0) is 73.9 Å². The van der Waals surface area contributed by atoms with E-state index in [-0.39, 0.29) is 24.9 Å². The highest BCUT2D eigenvalue weighted by Crippen LogP contribution is 2.41. The molecule has 0 unspecified atom stereocenters. The molecule has 0 spiro atoms. The number of thiophene rings is 1. The number of carboxylic acid groups (broad SMARTS) is 1. The van der Waals surface area contributed by atoms with Crippen molar-refractivity contribution in [2.75, 3.05) is 6.54 Å². The van der Waals surface area contributed by atoms with Gasteiger partial charge in [0.05, 0.1) is 40.4 Å². The number of hydrogen-bond acceptors (Lipinski definition) is 11. The number of nitrogens with one attached hydrogen (secondary N) is 2. The van der Waals surface area contributed by atoms with E-state index < -0.39 is 59.4 Å². The summed E-state index contributed by atoms with van der Waals surface area (Å²) in [6.45, 7) is 15.0. The first kappa shape index (κ1) is 45.2. The third-order valence-corrected chi connectivity index (χ3v) is 14.4. The lowest BCUT2D eigenvalue weighted by Crippen LogP contribution is -2.58. The van der Waals surface area contributed by atoms with E-state index in [0.29, 0.717) is 22.9 Å². The summed E-state index contributed by atoms with van der Waals surface area (Å²) in [5.41, 5.74) is 8.11. The summed E-state index contributed by atoms with van der Waals surface area (Å²) in [5.74, 6) is -1.60. The van der Waals surface area contributed by atoms with Crippen LogP contribution in [0.1, 0.15) is 107 Å². The minimum absolute atomic E-state index is 0.0353. The zero-order chi connectivity index (χ0) is 46.5. The number of benzene rings is 3. The van der Waals surface area contributed by atoms with E-state index in [4.69, 9.17) is 4.99 Å². The zero-order valence-corrected chi connectivity index (χ0v) is 39.2. The number of aryl methyl sites for hydroxylation is 3. The van der Waals surface area contributed by atoms with Crippen molar-refractivity contribution >= 4 is 52.1 Å². The van der Waals surface area contributed by atoms with Gasteiger partial charge in [0.1, 0.15) is 29.0 Å². The van der Waals surface area contributed by atoms with Crippen LogP contribution >= 0.6 is 22.7 Å². The Morgan fingerprint density at radius 1 is 0.908 bits per heavy atom. The van der Waals surface area contributed by atoms with Gasteiger partial charge in [-0.3, -0.25) is 28.7 Å². The summed E-state index contributed by atoms with van der Waals surface area (Å²) >= 11 is 3.08. The number of aliphatic carboxylic acids is 1. The van der Waals surface area contributed by atoms with Gasteiger partial charge in [0, 0.05) is 34.5 Å². The Morgan fingerprint density at radius 2 is 1.62 bits per heavy atom. The van der Waals surface area contributed by atoms with E-state index in [2.05, 4.69) is 25.8 Å². The molecule has 0 bridgehead atoms. The van der Waals surface area contributed by atoms with Gasteiger partial charge in [0.15, 0.2) is 5.82 Å². The molecule has 5 heterocycles. The smallest absolute Gasteiger partial charge is 0.306 e. The highest BCUT2D eigenvalue weighted by molar-refractivity contribution is 7.15. The van der Waals surface area contributed by atoms with Crippen LogP contribution in [0.2, 0.25) is 0 Å². The first-order chi connectivity index (χ1) is 30.9. The molecule has 3 aromatic carbocycles. The molecule has 8 rings (SSSR count). The van der Waals surface area contributed by atoms with Gasteiger partial charge in [-0.2, -0.15) is 0 Å². The number of aliphatic imine (C=N–C) groups is 1. The maximum absolute atomic E-state index is 15.2. The fourth-order valence-corrected chi connectivity index (χ4v) is 10.7. The van der Waals surface area contributed by atoms with Crippen LogP contribution in [0.3, 0.4) is 0 Å². The van der Waals surface area contributed by atoms with Crippen molar-refractivity contribution in [3.8, 4) is 26.6 Å². The quantitative estimate of drug-likeness (QED) is 0.101. The van der Waals surface area contributed by atoms with Crippen molar-refractivity contribution in [2.24, 2.45) is 10.4 Å². The van der Waals surface area contributed by atoms with Crippen molar-refractivity contribution in [2.45, 2.75) is 98.5 Å². The van der Waals surface area contributed by atoms with Crippen LogP contribution < -0.4 is 10.6 Å². The van der Waals surface area contributed by atoms with Crippen LogP contribution in [-0.4, -0.2) is 89.0 Å². The van der Waals surface area contributed by atoms with E-state index in [0.717, 1.165) is 53.8 Å². The van der Waals surface area contributed by atoms with Crippen LogP contribution in [0.4, 0.5) is 0 Å². The van der Waals surface area contributed by atoms with E-state index >= 15 is 4.79 Å². The van der Waals surface area contributed by atoms with Gasteiger partial charge in [-0.25, -0.2) is 4.98 Å². The molecule has 4 N–H and O–H groups in total. The maximum atomic E-state index is 15.2. The predicted octanol–water partition coefficient (Wildman–Crippen LogP) is 7.70. The zero-order valence-electron chi connectivity index (χ0n) is 37.5. The first-order valence-electron chi connectivity index (χ1n) is 21.5. The summed E-state index contributed by atoms with van der Waals surface area (Å²) in [6, 6.07) is 19.5. The number of aliphatic hydroxyl groups excluding tert-OH is 1. The second-order valence-corrected chi connectivity index (χ2v) is 20.0. The molecule has 5 atom stereocenters. The van der Waals surface area contributed by atoms with Crippen LogP contribution in [0.5, 0.6) is 0 Å². The molecule has 0 radical (unpaired) electrons. The Bertz CT molecular complexity index is 2840. The lowest BCUT2D eigenvalue weighted by atomic mass is 9.85. The number of carboxylic acids is 1. The Kier molecular flexibility index (Phi) is 12.5. The number of carbonyl (C=O) groups excluding carboxylic acids is 3. The standard InChI is InChI=1S/C49H52N8O6S2/c1-25-28(4)65-48-40(25)41(52-37(22-39(59)60)44-55-54-29(5)57(44)48)35-19-18-33(31-12-10-9-11-13-31)20-36(35)45(61)53-43(49(6,7)8)47(63)56-23-34(58)21-38(56)46(62)51-26(2)30-14-16-32(17-15-30)42-27(3)50-24-64-42/h9-20,24,26,34,37-38,43,58H,21-23H2,1-8H3,(H,51,62)(H,53,61)(H,59,60)/t26-,34+,37-,38-,43+/m0/s1. The van der Waals surface area contributed by atoms with E-state index in [1.165, 1.54) is 16.2 Å². The van der Waals surface area contributed by atoms with Gasteiger partial charge >= 0.3 is 5.97 Å². The highest BCUT2D eigenvalue weighted by Gasteiger charge is 2.45. The van der Waals surface area contributed by atoms with E-state index in [1.807, 2.05) is 132 Å².